The Hall–Kier alpha value is -0.870. The number of rotatable bonds is 6. The third kappa shape index (κ3) is 4.77. The lowest BCUT2D eigenvalue weighted by atomic mass is 10.1. The summed E-state index contributed by atoms with van der Waals surface area (Å²) < 4.78 is 10.8. The monoisotopic (exact) mass is 241 g/mol. The van der Waals surface area contributed by atoms with E-state index < -0.39 is 10.8 Å². The fourth-order valence-corrected chi connectivity index (χ4v) is 2.03. The van der Waals surface area contributed by atoms with Gasteiger partial charge < -0.3 is 10.4 Å². The Morgan fingerprint density at radius 1 is 1.44 bits per heavy atom. The van der Waals surface area contributed by atoms with Gasteiger partial charge >= 0.3 is 0 Å². The molecule has 2 N–H and O–H groups in total. The standard InChI is InChI=1S/C12H19NO2S/c1-10-4-5-12(14)11(8-10)9-13-6-3-7-16(2)15/h4-5,8,13-14H,3,6-7,9H2,1-2H3. The molecule has 0 saturated heterocycles. The highest BCUT2D eigenvalue weighted by Gasteiger charge is 2.00. The Morgan fingerprint density at radius 3 is 2.88 bits per heavy atom. The molecule has 0 spiro atoms. The molecule has 1 atom stereocenters. The van der Waals surface area contributed by atoms with Crippen molar-refractivity contribution in [1.29, 1.82) is 0 Å². The number of phenols is 1. The van der Waals surface area contributed by atoms with Crippen LogP contribution in [0.4, 0.5) is 0 Å². The number of aromatic hydroxyl groups is 1. The fourth-order valence-electron chi connectivity index (χ4n) is 1.48. The summed E-state index contributed by atoms with van der Waals surface area (Å²) >= 11 is 0. The minimum atomic E-state index is -0.711. The van der Waals surface area contributed by atoms with Gasteiger partial charge in [0.1, 0.15) is 5.75 Å². The van der Waals surface area contributed by atoms with Gasteiger partial charge in [0.25, 0.3) is 0 Å². The van der Waals surface area contributed by atoms with Crippen molar-refractivity contribution in [3.8, 4) is 5.75 Å². The van der Waals surface area contributed by atoms with Crippen molar-refractivity contribution in [3.63, 3.8) is 0 Å². The number of phenolic OH excluding ortho intramolecular Hbond substituents is 1. The van der Waals surface area contributed by atoms with E-state index >= 15 is 0 Å². The van der Waals surface area contributed by atoms with Crippen LogP contribution in [0.2, 0.25) is 0 Å². The first-order valence-electron chi connectivity index (χ1n) is 5.39. The molecule has 1 rings (SSSR count). The molecule has 3 nitrogen and oxygen atoms in total. The van der Waals surface area contributed by atoms with Gasteiger partial charge in [0.15, 0.2) is 0 Å². The smallest absolute Gasteiger partial charge is 0.120 e. The fraction of sp³-hybridized carbons (Fsp3) is 0.500. The number of aryl methyl sites for hydroxylation is 1. The van der Waals surface area contributed by atoms with Crippen LogP contribution in [0.25, 0.3) is 0 Å². The van der Waals surface area contributed by atoms with Crippen LogP contribution in [0, 0.1) is 6.92 Å². The van der Waals surface area contributed by atoms with Crippen LogP contribution in [0.5, 0.6) is 5.75 Å². The number of hydrogen-bond acceptors (Lipinski definition) is 3. The van der Waals surface area contributed by atoms with Crippen LogP contribution in [0.15, 0.2) is 18.2 Å². The summed E-state index contributed by atoms with van der Waals surface area (Å²) in [5, 5.41) is 12.8. The van der Waals surface area contributed by atoms with Crippen LogP contribution in [0.1, 0.15) is 17.5 Å². The van der Waals surface area contributed by atoms with Gasteiger partial charge in [-0.2, -0.15) is 0 Å². The lowest BCUT2D eigenvalue weighted by Crippen LogP contribution is -2.16. The molecule has 0 heterocycles. The van der Waals surface area contributed by atoms with Crippen molar-refractivity contribution in [2.75, 3.05) is 18.6 Å². The second-order valence-electron chi connectivity index (χ2n) is 3.94. The lowest BCUT2D eigenvalue weighted by Gasteiger charge is -2.07. The first-order chi connectivity index (χ1) is 7.59. The van der Waals surface area contributed by atoms with E-state index in [1.807, 2.05) is 19.1 Å². The summed E-state index contributed by atoms with van der Waals surface area (Å²) in [5.74, 6) is 1.06. The first-order valence-corrected chi connectivity index (χ1v) is 7.11. The molecule has 0 amide bonds. The molecule has 0 saturated carbocycles. The lowest BCUT2D eigenvalue weighted by molar-refractivity contribution is 0.464. The Bertz CT molecular complexity index is 366. The summed E-state index contributed by atoms with van der Waals surface area (Å²) in [4.78, 5) is 0. The van der Waals surface area contributed by atoms with Crippen LogP contribution in [-0.4, -0.2) is 27.9 Å². The molecule has 0 radical (unpaired) electrons. The second-order valence-corrected chi connectivity index (χ2v) is 5.49. The quantitative estimate of drug-likeness (QED) is 0.743. The van der Waals surface area contributed by atoms with Crippen LogP contribution in [0.3, 0.4) is 0 Å². The summed E-state index contributed by atoms with van der Waals surface area (Å²) in [6.07, 6.45) is 2.61. The molecular weight excluding hydrogens is 222 g/mol. The van der Waals surface area contributed by atoms with Gasteiger partial charge in [-0.3, -0.25) is 4.21 Å². The van der Waals surface area contributed by atoms with E-state index in [-0.39, 0.29) is 0 Å². The third-order valence-corrected chi connectivity index (χ3v) is 3.20. The molecule has 0 aliphatic carbocycles. The van der Waals surface area contributed by atoms with Gasteiger partial charge in [0.2, 0.25) is 0 Å². The molecule has 1 unspecified atom stereocenters. The van der Waals surface area contributed by atoms with Crippen molar-refractivity contribution in [3.05, 3.63) is 29.3 Å². The summed E-state index contributed by atoms with van der Waals surface area (Å²) in [6.45, 7) is 3.49. The second kappa shape index (κ2) is 6.66. The molecule has 0 aliphatic heterocycles. The van der Waals surface area contributed by atoms with E-state index in [0.717, 1.165) is 29.8 Å². The van der Waals surface area contributed by atoms with Gasteiger partial charge in [-0.15, -0.1) is 0 Å². The highest BCUT2D eigenvalue weighted by atomic mass is 32.2. The number of nitrogens with one attached hydrogen (secondary N) is 1. The highest BCUT2D eigenvalue weighted by Crippen LogP contribution is 2.17. The highest BCUT2D eigenvalue weighted by molar-refractivity contribution is 7.84. The predicted octanol–water partition coefficient (Wildman–Crippen LogP) is 1.56. The zero-order valence-corrected chi connectivity index (χ0v) is 10.6. The van der Waals surface area contributed by atoms with Crippen molar-refractivity contribution >= 4 is 10.8 Å². The molecule has 0 aromatic heterocycles. The van der Waals surface area contributed by atoms with Gasteiger partial charge in [-0.25, -0.2) is 0 Å². The third-order valence-electron chi connectivity index (χ3n) is 2.34. The summed E-state index contributed by atoms with van der Waals surface area (Å²) in [7, 11) is -0.711. The van der Waals surface area contributed by atoms with Crippen LogP contribution < -0.4 is 5.32 Å². The van der Waals surface area contributed by atoms with E-state index in [1.54, 1.807) is 12.3 Å². The van der Waals surface area contributed by atoms with Gasteiger partial charge in [0.05, 0.1) is 0 Å². The van der Waals surface area contributed by atoms with Crippen LogP contribution >= 0.6 is 0 Å². The Balaban J connectivity index is 2.31. The number of benzene rings is 1. The Labute approximate surface area is 99.3 Å². The van der Waals surface area contributed by atoms with Gasteiger partial charge in [-0.05, 0) is 26.0 Å². The summed E-state index contributed by atoms with van der Waals surface area (Å²) in [6, 6.07) is 5.58. The molecule has 0 aliphatic rings. The number of hydrogen-bond donors (Lipinski definition) is 2. The van der Waals surface area contributed by atoms with Crippen LogP contribution in [-0.2, 0) is 17.3 Å². The first kappa shape index (κ1) is 13.2. The van der Waals surface area contributed by atoms with Crippen molar-refractivity contribution < 1.29 is 9.32 Å². The Kier molecular flexibility index (Phi) is 5.49. The maximum Gasteiger partial charge on any atom is 0.120 e. The minimum Gasteiger partial charge on any atom is -0.508 e. The normalized spacial score (nSPS) is 12.6. The van der Waals surface area contributed by atoms with E-state index in [1.165, 1.54) is 0 Å². The maximum atomic E-state index is 10.8. The molecule has 4 heteroatoms. The average Bonchev–Trinajstić information content (AvgIpc) is 2.22. The summed E-state index contributed by atoms with van der Waals surface area (Å²) in [5.41, 5.74) is 2.06. The van der Waals surface area contributed by atoms with E-state index in [0.29, 0.717) is 12.3 Å². The van der Waals surface area contributed by atoms with Crippen molar-refractivity contribution in [2.24, 2.45) is 0 Å². The molecule has 1 aromatic carbocycles. The van der Waals surface area contributed by atoms with Gasteiger partial charge in [-0.1, -0.05) is 17.7 Å². The maximum absolute atomic E-state index is 10.8. The van der Waals surface area contributed by atoms with Crippen molar-refractivity contribution in [1.82, 2.24) is 5.32 Å². The van der Waals surface area contributed by atoms with E-state index in [2.05, 4.69) is 5.32 Å². The topological polar surface area (TPSA) is 49.3 Å². The van der Waals surface area contributed by atoms with E-state index in [9.17, 15) is 9.32 Å². The zero-order valence-electron chi connectivity index (χ0n) is 9.82. The Morgan fingerprint density at radius 2 is 2.19 bits per heavy atom. The van der Waals surface area contributed by atoms with E-state index in [4.69, 9.17) is 0 Å². The minimum absolute atomic E-state index is 0.331. The molecule has 0 fully saturated rings. The predicted molar refractivity (Wildman–Crippen MR) is 68.1 cm³/mol. The molecule has 16 heavy (non-hydrogen) atoms. The molecule has 1 aromatic rings. The average molecular weight is 241 g/mol. The molecular formula is C12H19NO2S. The zero-order chi connectivity index (χ0) is 12.0. The SMILES string of the molecule is Cc1ccc(O)c(CNCCCS(C)=O)c1. The molecule has 90 valence electrons. The van der Waals surface area contributed by atoms with Crippen molar-refractivity contribution in [2.45, 2.75) is 19.9 Å². The largest absolute Gasteiger partial charge is 0.508 e. The van der Waals surface area contributed by atoms with Gasteiger partial charge in [0, 0.05) is 34.9 Å². The molecule has 0 bridgehead atoms.